The molecule has 0 amide bonds. The molecule has 0 aliphatic carbocycles. The molecule has 5 aromatic rings. The standard InChI is InChI=1S/C25H18ClN3OS/c1-30-23-9-5-4-8-21(23)28-24-18-6-2-3-7-20(18)27-14-19(24)25-29-22(15-31-25)16-10-12-17(26)13-11-16/h2-15H,1H3,(H,27,28). The van der Waals surface area contributed by atoms with Gasteiger partial charge in [0.2, 0.25) is 0 Å². The number of thiazole rings is 1. The van der Waals surface area contributed by atoms with E-state index >= 15 is 0 Å². The second kappa shape index (κ2) is 8.38. The number of nitrogens with zero attached hydrogens (tertiary/aromatic N) is 2. The summed E-state index contributed by atoms with van der Waals surface area (Å²) >= 11 is 7.62. The van der Waals surface area contributed by atoms with E-state index in [-0.39, 0.29) is 0 Å². The molecular formula is C25H18ClN3OS. The maximum absolute atomic E-state index is 6.03. The van der Waals surface area contributed by atoms with Gasteiger partial charge < -0.3 is 10.1 Å². The molecule has 0 saturated carbocycles. The Morgan fingerprint density at radius 2 is 1.71 bits per heavy atom. The number of anilines is 2. The molecule has 31 heavy (non-hydrogen) atoms. The Bertz CT molecular complexity index is 1370. The van der Waals surface area contributed by atoms with Gasteiger partial charge in [0.25, 0.3) is 0 Å². The Labute approximate surface area is 189 Å². The lowest BCUT2D eigenvalue weighted by molar-refractivity contribution is 0.417. The molecule has 0 unspecified atom stereocenters. The molecule has 0 radical (unpaired) electrons. The second-order valence-electron chi connectivity index (χ2n) is 6.93. The number of hydrogen-bond acceptors (Lipinski definition) is 5. The van der Waals surface area contributed by atoms with Gasteiger partial charge in [-0.1, -0.05) is 54.1 Å². The number of methoxy groups -OCH3 is 1. The molecule has 2 heterocycles. The summed E-state index contributed by atoms with van der Waals surface area (Å²) in [5.74, 6) is 0.773. The largest absolute Gasteiger partial charge is 0.495 e. The van der Waals surface area contributed by atoms with E-state index in [1.807, 2.05) is 72.9 Å². The molecule has 0 aliphatic rings. The van der Waals surface area contributed by atoms with Crippen molar-refractivity contribution in [3.05, 3.63) is 89.4 Å². The van der Waals surface area contributed by atoms with Crippen LogP contribution in [-0.4, -0.2) is 17.1 Å². The molecule has 3 aromatic carbocycles. The summed E-state index contributed by atoms with van der Waals surface area (Å²) < 4.78 is 5.54. The predicted molar refractivity (Wildman–Crippen MR) is 130 cm³/mol. The summed E-state index contributed by atoms with van der Waals surface area (Å²) in [7, 11) is 1.67. The normalized spacial score (nSPS) is 10.9. The van der Waals surface area contributed by atoms with Crippen LogP contribution in [0.5, 0.6) is 5.75 Å². The molecule has 5 rings (SSSR count). The highest BCUT2D eigenvalue weighted by molar-refractivity contribution is 7.13. The number of para-hydroxylation sites is 3. The number of aromatic nitrogens is 2. The molecule has 0 spiro atoms. The van der Waals surface area contributed by atoms with E-state index in [2.05, 4.69) is 21.7 Å². The molecular weight excluding hydrogens is 426 g/mol. The van der Waals surface area contributed by atoms with Gasteiger partial charge in [0, 0.05) is 27.5 Å². The number of ether oxygens (including phenoxy) is 1. The Kier molecular flexibility index (Phi) is 5.28. The van der Waals surface area contributed by atoms with Crippen molar-refractivity contribution in [2.75, 3.05) is 12.4 Å². The fourth-order valence-electron chi connectivity index (χ4n) is 3.47. The predicted octanol–water partition coefficient (Wildman–Crippen LogP) is 7.43. The van der Waals surface area contributed by atoms with Crippen molar-refractivity contribution in [1.29, 1.82) is 0 Å². The monoisotopic (exact) mass is 443 g/mol. The first-order chi connectivity index (χ1) is 15.2. The summed E-state index contributed by atoms with van der Waals surface area (Å²) in [6.07, 6.45) is 1.88. The van der Waals surface area contributed by atoms with Crippen molar-refractivity contribution in [2.24, 2.45) is 0 Å². The van der Waals surface area contributed by atoms with E-state index in [0.717, 1.165) is 49.9 Å². The quantitative estimate of drug-likeness (QED) is 0.306. The van der Waals surface area contributed by atoms with Crippen LogP contribution in [0.2, 0.25) is 5.02 Å². The van der Waals surface area contributed by atoms with Crippen molar-refractivity contribution in [1.82, 2.24) is 9.97 Å². The highest BCUT2D eigenvalue weighted by atomic mass is 35.5. The molecule has 1 N–H and O–H groups in total. The molecule has 2 aromatic heterocycles. The Morgan fingerprint density at radius 3 is 2.55 bits per heavy atom. The van der Waals surface area contributed by atoms with Crippen molar-refractivity contribution >= 4 is 45.2 Å². The van der Waals surface area contributed by atoms with Crippen LogP contribution >= 0.6 is 22.9 Å². The first-order valence-electron chi connectivity index (χ1n) is 9.72. The molecule has 0 aliphatic heterocycles. The van der Waals surface area contributed by atoms with E-state index in [4.69, 9.17) is 21.3 Å². The zero-order valence-corrected chi connectivity index (χ0v) is 18.2. The van der Waals surface area contributed by atoms with E-state index in [1.54, 1.807) is 18.4 Å². The van der Waals surface area contributed by atoms with Crippen LogP contribution in [0.15, 0.2) is 84.4 Å². The van der Waals surface area contributed by atoms with Crippen LogP contribution < -0.4 is 10.1 Å². The van der Waals surface area contributed by atoms with Crippen LogP contribution in [0.1, 0.15) is 0 Å². The third kappa shape index (κ3) is 3.85. The molecule has 0 atom stereocenters. The molecule has 4 nitrogen and oxygen atoms in total. The van der Waals surface area contributed by atoms with E-state index in [1.165, 1.54) is 0 Å². The molecule has 0 fully saturated rings. The van der Waals surface area contributed by atoms with Crippen LogP contribution in [0, 0.1) is 0 Å². The van der Waals surface area contributed by atoms with Gasteiger partial charge in [-0.2, -0.15) is 0 Å². The first-order valence-corrected chi connectivity index (χ1v) is 11.0. The zero-order valence-electron chi connectivity index (χ0n) is 16.7. The summed E-state index contributed by atoms with van der Waals surface area (Å²) in [4.78, 5) is 9.57. The SMILES string of the molecule is COc1ccccc1Nc1c(-c2nc(-c3ccc(Cl)cc3)cs2)cnc2ccccc12. The average Bonchev–Trinajstić information content (AvgIpc) is 3.30. The number of hydrogen-bond donors (Lipinski definition) is 1. The van der Waals surface area contributed by atoms with Gasteiger partial charge in [-0.05, 0) is 30.3 Å². The lowest BCUT2D eigenvalue weighted by Gasteiger charge is -2.15. The van der Waals surface area contributed by atoms with Gasteiger partial charge in [0.05, 0.1) is 35.3 Å². The van der Waals surface area contributed by atoms with Crippen LogP contribution in [0.4, 0.5) is 11.4 Å². The average molecular weight is 444 g/mol. The minimum Gasteiger partial charge on any atom is -0.495 e. The van der Waals surface area contributed by atoms with Gasteiger partial charge in [0.1, 0.15) is 10.8 Å². The highest BCUT2D eigenvalue weighted by Crippen LogP contribution is 2.40. The minimum absolute atomic E-state index is 0.709. The molecule has 0 bridgehead atoms. The van der Waals surface area contributed by atoms with Crippen molar-refractivity contribution < 1.29 is 4.74 Å². The number of fused-ring (bicyclic) bond motifs is 1. The Hall–Kier alpha value is -3.41. The van der Waals surface area contributed by atoms with E-state index in [0.29, 0.717) is 5.02 Å². The smallest absolute Gasteiger partial charge is 0.142 e. The second-order valence-corrected chi connectivity index (χ2v) is 8.23. The van der Waals surface area contributed by atoms with Gasteiger partial charge in [0.15, 0.2) is 0 Å². The third-order valence-corrected chi connectivity index (χ3v) is 6.14. The van der Waals surface area contributed by atoms with Crippen molar-refractivity contribution in [3.63, 3.8) is 0 Å². The fraction of sp³-hybridized carbons (Fsp3) is 0.0400. The van der Waals surface area contributed by atoms with E-state index in [9.17, 15) is 0 Å². The number of benzene rings is 3. The fourth-order valence-corrected chi connectivity index (χ4v) is 4.44. The van der Waals surface area contributed by atoms with Crippen LogP contribution in [-0.2, 0) is 0 Å². The summed E-state index contributed by atoms with van der Waals surface area (Å²) in [6.45, 7) is 0. The summed E-state index contributed by atoms with van der Waals surface area (Å²) in [5, 5.41) is 8.25. The van der Waals surface area contributed by atoms with Crippen molar-refractivity contribution in [3.8, 4) is 27.6 Å². The Morgan fingerprint density at radius 1 is 0.935 bits per heavy atom. The van der Waals surface area contributed by atoms with Crippen LogP contribution in [0.25, 0.3) is 32.7 Å². The lowest BCUT2D eigenvalue weighted by atomic mass is 10.1. The van der Waals surface area contributed by atoms with Gasteiger partial charge >= 0.3 is 0 Å². The number of halogens is 1. The van der Waals surface area contributed by atoms with Crippen molar-refractivity contribution in [2.45, 2.75) is 0 Å². The van der Waals surface area contributed by atoms with Crippen LogP contribution in [0.3, 0.4) is 0 Å². The molecule has 152 valence electrons. The lowest BCUT2D eigenvalue weighted by Crippen LogP contribution is -1.98. The zero-order chi connectivity index (χ0) is 21.2. The summed E-state index contributed by atoms with van der Waals surface area (Å²) in [6, 6.07) is 23.7. The molecule has 0 saturated heterocycles. The number of nitrogens with one attached hydrogen (secondary N) is 1. The summed E-state index contributed by atoms with van der Waals surface area (Å²) in [5.41, 5.74) is 5.63. The third-order valence-electron chi connectivity index (χ3n) is 5.02. The first kappa shape index (κ1) is 19.5. The molecule has 6 heteroatoms. The number of rotatable bonds is 5. The topological polar surface area (TPSA) is 47.0 Å². The maximum atomic E-state index is 6.03. The highest BCUT2D eigenvalue weighted by Gasteiger charge is 2.16. The van der Waals surface area contributed by atoms with Gasteiger partial charge in [-0.15, -0.1) is 11.3 Å². The van der Waals surface area contributed by atoms with Gasteiger partial charge in [-0.3, -0.25) is 4.98 Å². The Balaban J connectivity index is 1.64. The number of pyridine rings is 1. The van der Waals surface area contributed by atoms with Gasteiger partial charge in [-0.25, -0.2) is 4.98 Å². The minimum atomic E-state index is 0.709. The maximum Gasteiger partial charge on any atom is 0.142 e. The van der Waals surface area contributed by atoms with E-state index < -0.39 is 0 Å².